The Morgan fingerprint density at radius 3 is 1.61 bits per heavy atom. The van der Waals surface area contributed by atoms with Crippen molar-refractivity contribution in [1.29, 1.82) is 0 Å². The summed E-state index contributed by atoms with van der Waals surface area (Å²) < 4.78 is 3.77. The summed E-state index contributed by atoms with van der Waals surface area (Å²) in [7, 11) is 0. The number of rotatable bonds is 6. The van der Waals surface area contributed by atoms with Gasteiger partial charge in [-0.05, 0) is 94.6 Å². The van der Waals surface area contributed by atoms with Crippen molar-refractivity contribution in [2.45, 2.75) is 19.8 Å². The van der Waals surface area contributed by atoms with Crippen LogP contribution in [0.5, 0.6) is 29.0 Å². The van der Waals surface area contributed by atoms with E-state index in [9.17, 15) is 25.5 Å². The van der Waals surface area contributed by atoms with Crippen molar-refractivity contribution in [3.63, 3.8) is 0 Å². The summed E-state index contributed by atoms with van der Waals surface area (Å²) in [6, 6.07) is 28.4. The smallest absolute Gasteiger partial charge is 0.219 e. The molecule has 0 fully saturated rings. The molecule has 4 aromatic carbocycles. The standard InChI is InChI=1S/C20H16BrN3O2.C19H15N3O3/c1-12-2-4-13(5-3-12)10-16-20(26)24-11-17(22-18(21)19(24)23-16)14-6-8-15(25)9-7-14;23-14-5-1-12(2-6-14)9-16-19(25)22-11-17(20-10-18(22)21-16)13-3-7-15(24)8-4-13/h2-9,11,25-26H,10H2,1H3;1-8,10-11,23-25H,9H2. The van der Waals surface area contributed by atoms with Crippen molar-refractivity contribution in [3.05, 3.63) is 148 Å². The predicted molar refractivity (Wildman–Crippen MR) is 196 cm³/mol. The number of hydrogen-bond donors (Lipinski definition) is 5. The van der Waals surface area contributed by atoms with E-state index in [-0.39, 0.29) is 29.0 Å². The lowest BCUT2D eigenvalue weighted by Gasteiger charge is -2.04. The van der Waals surface area contributed by atoms with Crippen molar-refractivity contribution in [2.75, 3.05) is 0 Å². The van der Waals surface area contributed by atoms with Crippen LogP contribution < -0.4 is 0 Å². The average Bonchev–Trinajstić information content (AvgIpc) is 3.62. The second kappa shape index (κ2) is 13.8. The van der Waals surface area contributed by atoms with Gasteiger partial charge in [0.2, 0.25) is 11.8 Å². The zero-order valence-corrected chi connectivity index (χ0v) is 28.8. The zero-order valence-electron chi connectivity index (χ0n) is 27.2. The molecule has 11 nitrogen and oxygen atoms in total. The summed E-state index contributed by atoms with van der Waals surface area (Å²) >= 11 is 3.45. The van der Waals surface area contributed by atoms with Gasteiger partial charge in [-0.15, -0.1) is 0 Å². The molecule has 0 unspecified atom stereocenters. The monoisotopic (exact) mass is 742 g/mol. The van der Waals surface area contributed by atoms with Crippen LogP contribution in [0, 0.1) is 6.92 Å². The van der Waals surface area contributed by atoms with E-state index in [2.05, 4.69) is 35.9 Å². The first-order chi connectivity index (χ1) is 24.6. The van der Waals surface area contributed by atoms with Gasteiger partial charge in [0.05, 0.1) is 17.6 Å². The number of halogens is 1. The molecule has 4 heterocycles. The third-order valence-corrected chi connectivity index (χ3v) is 8.82. The van der Waals surface area contributed by atoms with E-state index >= 15 is 0 Å². The van der Waals surface area contributed by atoms with Gasteiger partial charge >= 0.3 is 0 Å². The molecule has 0 aliphatic carbocycles. The fourth-order valence-electron chi connectivity index (χ4n) is 5.53. The van der Waals surface area contributed by atoms with E-state index in [0.717, 1.165) is 22.3 Å². The fourth-order valence-corrected chi connectivity index (χ4v) is 6.00. The van der Waals surface area contributed by atoms with Crippen LogP contribution in [0.2, 0.25) is 0 Å². The highest BCUT2D eigenvalue weighted by atomic mass is 79.9. The van der Waals surface area contributed by atoms with E-state index in [1.54, 1.807) is 100 Å². The molecule has 0 amide bonds. The van der Waals surface area contributed by atoms with Crippen LogP contribution in [0.4, 0.5) is 0 Å². The minimum Gasteiger partial charge on any atom is -0.508 e. The lowest BCUT2D eigenvalue weighted by molar-refractivity contribution is 0.442. The third-order valence-electron chi connectivity index (χ3n) is 8.29. The molecule has 0 atom stereocenters. The summed E-state index contributed by atoms with van der Waals surface area (Å²) in [5.41, 5.74) is 8.44. The van der Waals surface area contributed by atoms with Crippen LogP contribution in [0.25, 0.3) is 33.8 Å². The summed E-state index contributed by atoms with van der Waals surface area (Å²) in [6.07, 6.45) is 6.04. The molecule has 0 radical (unpaired) electrons. The summed E-state index contributed by atoms with van der Waals surface area (Å²) in [5.74, 6) is 0.742. The van der Waals surface area contributed by atoms with E-state index < -0.39 is 0 Å². The van der Waals surface area contributed by atoms with Gasteiger partial charge in [-0.3, -0.25) is 13.8 Å². The van der Waals surface area contributed by atoms with Gasteiger partial charge in [0.15, 0.2) is 11.3 Å². The van der Waals surface area contributed by atoms with Gasteiger partial charge in [-0.1, -0.05) is 42.0 Å². The minimum atomic E-state index is 0.0607. The Hall–Kier alpha value is -6.40. The van der Waals surface area contributed by atoms with E-state index in [1.807, 2.05) is 31.2 Å². The van der Waals surface area contributed by atoms with Crippen LogP contribution in [0.1, 0.15) is 28.1 Å². The number of imidazole rings is 2. The Bertz CT molecular complexity index is 2480. The summed E-state index contributed by atoms with van der Waals surface area (Å²) in [6.45, 7) is 2.04. The molecule has 5 N–H and O–H groups in total. The van der Waals surface area contributed by atoms with Gasteiger partial charge in [0.25, 0.3) is 0 Å². The summed E-state index contributed by atoms with van der Waals surface area (Å²) in [5, 5.41) is 49.4. The van der Waals surface area contributed by atoms with Crippen molar-refractivity contribution in [1.82, 2.24) is 28.7 Å². The lowest BCUT2D eigenvalue weighted by atomic mass is 10.1. The van der Waals surface area contributed by atoms with Gasteiger partial charge in [-0.2, -0.15) is 0 Å². The SMILES string of the molecule is Cc1ccc(Cc2nc3c(Br)nc(-c4ccc(O)cc4)cn3c2O)cc1.Oc1ccc(Cc2nc3cnc(-c4ccc(O)cc4)cn3c2O)cc1. The molecule has 8 rings (SSSR count). The molecule has 0 spiro atoms. The average molecular weight is 744 g/mol. The first-order valence-corrected chi connectivity index (χ1v) is 16.6. The Morgan fingerprint density at radius 1 is 0.549 bits per heavy atom. The predicted octanol–water partition coefficient (Wildman–Crippen LogP) is 7.57. The molecule has 0 saturated carbocycles. The second-order valence-electron chi connectivity index (χ2n) is 12.0. The first-order valence-electron chi connectivity index (χ1n) is 15.9. The highest BCUT2D eigenvalue weighted by molar-refractivity contribution is 9.10. The molecular formula is C39H31BrN6O5. The number of hydrogen-bond acceptors (Lipinski definition) is 9. The summed E-state index contributed by atoms with van der Waals surface area (Å²) in [4.78, 5) is 17.9. The van der Waals surface area contributed by atoms with Gasteiger partial charge in [0, 0.05) is 36.4 Å². The van der Waals surface area contributed by atoms with Gasteiger partial charge in [-0.25, -0.2) is 15.0 Å². The highest BCUT2D eigenvalue weighted by Crippen LogP contribution is 2.30. The maximum absolute atomic E-state index is 10.7. The number of aromatic nitrogens is 6. The first kappa shape index (κ1) is 33.1. The number of phenols is 3. The largest absolute Gasteiger partial charge is 0.508 e. The number of phenolic OH excluding ortho intramolecular Hbond substituents is 3. The number of fused-ring (bicyclic) bond motifs is 2. The van der Waals surface area contributed by atoms with Crippen molar-refractivity contribution >= 4 is 27.2 Å². The zero-order chi connectivity index (χ0) is 35.6. The normalized spacial score (nSPS) is 11.1. The van der Waals surface area contributed by atoms with E-state index in [4.69, 9.17) is 0 Å². The van der Waals surface area contributed by atoms with Crippen LogP contribution in [-0.4, -0.2) is 54.3 Å². The molecule has 0 saturated heterocycles. The van der Waals surface area contributed by atoms with Crippen LogP contribution in [-0.2, 0) is 12.8 Å². The van der Waals surface area contributed by atoms with Crippen molar-refractivity contribution < 1.29 is 25.5 Å². The molecule has 0 bridgehead atoms. The molecule has 12 heteroatoms. The van der Waals surface area contributed by atoms with E-state index in [1.165, 1.54) is 5.56 Å². The number of aryl methyl sites for hydroxylation is 1. The molecule has 8 aromatic rings. The van der Waals surface area contributed by atoms with Crippen molar-refractivity contribution in [3.8, 4) is 51.5 Å². The molecule has 0 aliphatic rings. The maximum atomic E-state index is 10.7. The van der Waals surface area contributed by atoms with Gasteiger partial charge in [0.1, 0.15) is 33.2 Å². The van der Waals surface area contributed by atoms with Crippen LogP contribution in [0.3, 0.4) is 0 Å². The number of aromatic hydroxyl groups is 5. The quantitative estimate of drug-likeness (QED) is 0.116. The van der Waals surface area contributed by atoms with Crippen molar-refractivity contribution in [2.24, 2.45) is 0 Å². The maximum Gasteiger partial charge on any atom is 0.219 e. The highest BCUT2D eigenvalue weighted by Gasteiger charge is 2.17. The number of nitrogens with zero attached hydrogens (tertiary/aromatic N) is 6. The van der Waals surface area contributed by atoms with E-state index in [0.29, 0.717) is 51.5 Å². The molecule has 254 valence electrons. The third kappa shape index (κ3) is 7.17. The Kier molecular flexibility index (Phi) is 8.99. The molecule has 4 aromatic heterocycles. The minimum absolute atomic E-state index is 0.0607. The Morgan fingerprint density at radius 2 is 1.02 bits per heavy atom. The fraction of sp³-hybridized carbons (Fsp3) is 0.0769. The topological polar surface area (TPSA) is 162 Å². The number of benzene rings is 4. The molecular weight excluding hydrogens is 712 g/mol. The molecule has 51 heavy (non-hydrogen) atoms. The second-order valence-corrected chi connectivity index (χ2v) is 12.7. The van der Waals surface area contributed by atoms with Crippen LogP contribution in [0.15, 0.2) is 120 Å². The Balaban J connectivity index is 0.000000159. The molecule has 0 aliphatic heterocycles. The van der Waals surface area contributed by atoms with Crippen LogP contribution >= 0.6 is 15.9 Å². The van der Waals surface area contributed by atoms with Gasteiger partial charge < -0.3 is 25.5 Å². The lowest BCUT2D eigenvalue weighted by Crippen LogP contribution is -1.93. The Labute approximate surface area is 300 Å².